The van der Waals surface area contributed by atoms with Gasteiger partial charge in [-0.2, -0.15) is 0 Å². The van der Waals surface area contributed by atoms with E-state index in [1.807, 2.05) is 30.3 Å². The Kier molecular flexibility index (Phi) is 7.10. The van der Waals surface area contributed by atoms with E-state index in [0.29, 0.717) is 19.0 Å². The van der Waals surface area contributed by atoms with E-state index in [4.69, 9.17) is 0 Å². The Bertz CT molecular complexity index is 608. The van der Waals surface area contributed by atoms with Gasteiger partial charge in [0.25, 0.3) is 0 Å². The number of amides is 3. The molecule has 2 aliphatic heterocycles. The van der Waals surface area contributed by atoms with Crippen molar-refractivity contribution >= 4 is 17.6 Å². The van der Waals surface area contributed by atoms with E-state index < -0.39 is 0 Å². The fourth-order valence-corrected chi connectivity index (χ4v) is 3.96. The number of nitrogens with one attached hydrogen (secondary N) is 2. The molecule has 2 heterocycles. The summed E-state index contributed by atoms with van der Waals surface area (Å²) in [6, 6.07) is 9.39. The van der Waals surface area contributed by atoms with E-state index in [0.717, 1.165) is 31.6 Å². The lowest BCUT2D eigenvalue weighted by Gasteiger charge is -2.31. The molecule has 3 rings (SSSR count). The van der Waals surface area contributed by atoms with E-state index in [1.165, 1.54) is 25.9 Å². The first-order valence-corrected chi connectivity index (χ1v) is 10.2. The van der Waals surface area contributed by atoms with Crippen molar-refractivity contribution in [3.63, 3.8) is 0 Å². The van der Waals surface area contributed by atoms with Crippen molar-refractivity contribution in [3.8, 4) is 0 Å². The van der Waals surface area contributed by atoms with Gasteiger partial charge in [0, 0.05) is 37.8 Å². The average molecular weight is 373 g/mol. The second kappa shape index (κ2) is 9.74. The van der Waals surface area contributed by atoms with Crippen LogP contribution in [-0.2, 0) is 4.79 Å². The van der Waals surface area contributed by atoms with Crippen molar-refractivity contribution in [1.29, 1.82) is 0 Å². The Morgan fingerprint density at radius 3 is 2.41 bits per heavy atom. The quantitative estimate of drug-likeness (QED) is 0.807. The summed E-state index contributed by atoms with van der Waals surface area (Å²) in [4.78, 5) is 29.1. The Morgan fingerprint density at radius 2 is 1.74 bits per heavy atom. The summed E-state index contributed by atoms with van der Waals surface area (Å²) in [7, 11) is 0. The summed E-state index contributed by atoms with van der Waals surface area (Å²) in [5.41, 5.74) is 0.800. The van der Waals surface area contributed by atoms with Crippen molar-refractivity contribution in [2.24, 2.45) is 11.8 Å². The summed E-state index contributed by atoms with van der Waals surface area (Å²) < 4.78 is 0. The average Bonchev–Trinajstić information content (AvgIpc) is 3.20. The minimum Gasteiger partial charge on any atom is -0.356 e. The zero-order valence-corrected chi connectivity index (χ0v) is 16.3. The summed E-state index contributed by atoms with van der Waals surface area (Å²) >= 11 is 0. The maximum Gasteiger partial charge on any atom is 0.321 e. The smallest absolute Gasteiger partial charge is 0.321 e. The first-order chi connectivity index (χ1) is 13.1. The van der Waals surface area contributed by atoms with Crippen LogP contribution in [0.4, 0.5) is 10.5 Å². The number of piperidine rings is 1. The third-order valence-electron chi connectivity index (χ3n) is 5.57. The highest BCUT2D eigenvalue weighted by Crippen LogP contribution is 2.19. The molecule has 0 aliphatic carbocycles. The molecule has 1 unspecified atom stereocenters. The third kappa shape index (κ3) is 5.96. The minimum absolute atomic E-state index is 0.0183. The molecule has 0 saturated carbocycles. The first kappa shape index (κ1) is 19.7. The van der Waals surface area contributed by atoms with Crippen molar-refractivity contribution in [3.05, 3.63) is 30.3 Å². The van der Waals surface area contributed by atoms with Gasteiger partial charge in [-0.3, -0.25) is 4.79 Å². The van der Waals surface area contributed by atoms with Crippen LogP contribution in [0.25, 0.3) is 0 Å². The largest absolute Gasteiger partial charge is 0.356 e. The third-order valence-corrected chi connectivity index (χ3v) is 5.57. The van der Waals surface area contributed by atoms with Crippen LogP contribution in [-0.4, -0.2) is 61.0 Å². The van der Waals surface area contributed by atoms with E-state index in [2.05, 4.69) is 22.5 Å². The zero-order chi connectivity index (χ0) is 19.1. The lowest BCUT2D eigenvalue weighted by Crippen LogP contribution is -2.45. The molecule has 27 heavy (non-hydrogen) atoms. The molecule has 2 N–H and O–H groups in total. The Labute approximate surface area is 162 Å². The predicted octanol–water partition coefficient (Wildman–Crippen LogP) is 2.78. The zero-order valence-electron chi connectivity index (χ0n) is 16.3. The molecule has 2 fully saturated rings. The lowest BCUT2D eigenvalue weighted by molar-refractivity contribution is -0.126. The first-order valence-electron chi connectivity index (χ1n) is 10.2. The van der Waals surface area contributed by atoms with Crippen LogP contribution < -0.4 is 10.6 Å². The Morgan fingerprint density at radius 1 is 1.07 bits per heavy atom. The Balaban J connectivity index is 1.35. The van der Waals surface area contributed by atoms with Crippen LogP contribution in [0.5, 0.6) is 0 Å². The molecule has 2 aliphatic rings. The van der Waals surface area contributed by atoms with Gasteiger partial charge in [0.1, 0.15) is 0 Å². The van der Waals surface area contributed by atoms with Crippen LogP contribution in [0, 0.1) is 11.8 Å². The van der Waals surface area contributed by atoms with Crippen molar-refractivity contribution in [2.75, 3.05) is 44.6 Å². The van der Waals surface area contributed by atoms with Crippen molar-refractivity contribution in [2.45, 2.75) is 32.6 Å². The molecule has 3 amide bonds. The molecule has 6 nitrogen and oxygen atoms in total. The highest BCUT2D eigenvalue weighted by Gasteiger charge is 2.27. The van der Waals surface area contributed by atoms with Gasteiger partial charge in [0.15, 0.2) is 0 Å². The highest BCUT2D eigenvalue weighted by molar-refractivity contribution is 5.89. The maximum absolute atomic E-state index is 12.5. The number of anilines is 1. The predicted molar refractivity (Wildman–Crippen MR) is 108 cm³/mol. The fraction of sp³-hybridized carbons (Fsp3) is 0.619. The molecule has 6 heteroatoms. The van der Waals surface area contributed by atoms with Crippen molar-refractivity contribution in [1.82, 2.24) is 15.1 Å². The van der Waals surface area contributed by atoms with Gasteiger partial charge >= 0.3 is 6.03 Å². The minimum atomic E-state index is -0.0840. The van der Waals surface area contributed by atoms with Crippen LogP contribution >= 0.6 is 0 Å². The molecule has 0 radical (unpaired) electrons. The summed E-state index contributed by atoms with van der Waals surface area (Å²) in [6.45, 7) is 7.65. The van der Waals surface area contributed by atoms with Crippen molar-refractivity contribution < 1.29 is 9.59 Å². The highest BCUT2D eigenvalue weighted by atomic mass is 16.2. The van der Waals surface area contributed by atoms with Gasteiger partial charge in [0.05, 0.1) is 0 Å². The van der Waals surface area contributed by atoms with Gasteiger partial charge in [-0.05, 0) is 56.8 Å². The molecule has 1 aromatic rings. The van der Waals surface area contributed by atoms with E-state index >= 15 is 0 Å². The second-order valence-corrected chi connectivity index (χ2v) is 7.92. The van der Waals surface area contributed by atoms with Crippen LogP contribution in [0.15, 0.2) is 30.3 Å². The number of likely N-dealkylation sites (tertiary alicyclic amines) is 2. The lowest BCUT2D eigenvalue weighted by atomic mass is 9.96. The van der Waals surface area contributed by atoms with Crippen LogP contribution in [0.3, 0.4) is 0 Å². The van der Waals surface area contributed by atoms with Crippen LogP contribution in [0.1, 0.15) is 32.6 Å². The number of benzene rings is 1. The molecule has 1 atom stereocenters. The van der Waals surface area contributed by atoms with E-state index in [-0.39, 0.29) is 17.9 Å². The summed E-state index contributed by atoms with van der Waals surface area (Å²) in [6.07, 6.45) is 4.06. The molecule has 0 bridgehead atoms. The molecule has 1 aromatic carbocycles. The van der Waals surface area contributed by atoms with E-state index in [9.17, 15) is 9.59 Å². The molecule has 0 spiro atoms. The van der Waals surface area contributed by atoms with Gasteiger partial charge < -0.3 is 20.4 Å². The van der Waals surface area contributed by atoms with E-state index in [1.54, 1.807) is 4.90 Å². The molecular formula is C21H32N4O2. The number of nitrogens with zero attached hydrogens (tertiary/aromatic N) is 2. The number of carbonyl (C=O) groups is 2. The van der Waals surface area contributed by atoms with Gasteiger partial charge in [-0.15, -0.1) is 0 Å². The number of carbonyl (C=O) groups excluding carboxylic acids is 2. The normalized spacial score (nSPS) is 19.7. The number of hydrogen-bond acceptors (Lipinski definition) is 3. The SMILES string of the molecule is CC(CNC(=O)C1CCN(C(=O)Nc2ccccc2)CC1)CN1CCCC1. The monoisotopic (exact) mass is 372 g/mol. The van der Waals surface area contributed by atoms with Gasteiger partial charge in [-0.25, -0.2) is 4.79 Å². The molecule has 148 valence electrons. The fourth-order valence-electron chi connectivity index (χ4n) is 3.96. The topological polar surface area (TPSA) is 64.7 Å². The van der Waals surface area contributed by atoms with Gasteiger partial charge in [0.2, 0.25) is 5.91 Å². The van der Waals surface area contributed by atoms with Crippen LogP contribution in [0.2, 0.25) is 0 Å². The number of hydrogen-bond donors (Lipinski definition) is 2. The molecule has 0 aromatic heterocycles. The maximum atomic E-state index is 12.5. The molecule has 2 saturated heterocycles. The second-order valence-electron chi connectivity index (χ2n) is 7.92. The number of rotatable bonds is 6. The molecular weight excluding hydrogens is 340 g/mol. The summed E-state index contributed by atoms with van der Waals surface area (Å²) in [5.74, 6) is 0.639. The van der Waals surface area contributed by atoms with Gasteiger partial charge in [-0.1, -0.05) is 25.1 Å². The summed E-state index contributed by atoms with van der Waals surface area (Å²) in [5, 5.41) is 6.04. The Hall–Kier alpha value is -2.08. The number of urea groups is 1. The number of para-hydroxylation sites is 1. The standard InChI is InChI=1S/C21H32N4O2/c1-17(16-24-11-5-6-12-24)15-22-20(26)18-9-13-25(14-10-18)21(27)23-19-7-3-2-4-8-19/h2-4,7-8,17-18H,5-6,9-16H2,1H3,(H,22,26)(H,23,27).